The van der Waals surface area contributed by atoms with Gasteiger partial charge in [0.1, 0.15) is 11.9 Å². The van der Waals surface area contributed by atoms with E-state index in [4.69, 9.17) is 17.3 Å². The van der Waals surface area contributed by atoms with Crippen molar-refractivity contribution in [3.8, 4) is 0 Å². The van der Waals surface area contributed by atoms with Crippen molar-refractivity contribution in [2.75, 3.05) is 5.32 Å². The number of benzene rings is 2. The van der Waals surface area contributed by atoms with Crippen LogP contribution in [0.5, 0.6) is 0 Å². The molecule has 1 aliphatic rings. The second-order valence-corrected chi connectivity index (χ2v) is 8.91. The summed E-state index contributed by atoms with van der Waals surface area (Å²) >= 11 is 6.16. The van der Waals surface area contributed by atoms with Gasteiger partial charge in [-0.1, -0.05) is 23.7 Å². The highest BCUT2D eigenvalue weighted by molar-refractivity contribution is 6.30. The lowest BCUT2D eigenvalue weighted by molar-refractivity contribution is -0.123. The highest BCUT2D eigenvalue weighted by Gasteiger charge is 2.40. The standard InChI is InChI=1S/C26H24ClFN4O3/c1-14-19(7-4-10-30-14)26(35)32(23-9-8-20-21(23)12-17(27)13-22(20)28)24(25(29)34)16-5-3-6-18(11-16)31-15(2)33/h3-7,10-13,23-24H,8-9H2,1-2H3,(H2,29,34)(H,31,33)/t23-,24-/m1/s1. The van der Waals surface area contributed by atoms with Crippen LogP contribution in [-0.4, -0.2) is 27.6 Å². The molecular weight excluding hydrogens is 471 g/mol. The van der Waals surface area contributed by atoms with E-state index in [2.05, 4.69) is 10.3 Å². The first-order valence-electron chi connectivity index (χ1n) is 11.1. The number of hydrogen-bond acceptors (Lipinski definition) is 4. The number of primary amides is 1. The normalized spacial score (nSPS) is 15.3. The molecular formula is C26H24ClFN4O3. The van der Waals surface area contributed by atoms with E-state index in [1.54, 1.807) is 55.6 Å². The zero-order valence-corrected chi connectivity index (χ0v) is 20.0. The number of nitrogens with two attached hydrogens (primary N) is 1. The molecule has 35 heavy (non-hydrogen) atoms. The van der Waals surface area contributed by atoms with Crippen LogP contribution in [0.2, 0.25) is 5.02 Å². The van der Waals surface area contributed by atoms with Gasteiger partial charge in [0.15, 0.2) is 0 Å². The number of rotatable bonds is 6. The average Bonchev–Trinajstić information content (AvgIpc) is 3.20. The van der Waals surface area contributed by atoms with E-state index >= 15 is 0 Å². The van der Waals surface area contributed by atoms with Crippen LogP contribution in [0.25, 0.3) is 0 Å². The van der Waals surface area contributed by atoms with Gasteiger partial charge in [-0.15, -0.1) is 0 Å². The minimum atomic E-state index is -1.20. The molecule has 4 rings (SSSR count). The fraction of sp³-hybridized carbons (Fsp3) is 0.231. The van der Waals surface area contributed by atoms with Gasteiger partial charge in [0.05, 0.1) is 11.6 Å². The average molecular weight is 495 g/mol. The molecule has 1 aromatic heterocycles. The van der Waals surface area contributed by atoms with E-state index in [0.717, 1.165) is 0 Å². The summed E-state index contributed by atoms with van der Waals surface area (Å²) in [5, 5.41) is 2.87. The number of pyridine rings is 1. The molecule has 0 saturated heterocycles. The Bertz CT molecular complexity index is 1330. The summed E-state index contributed by atoms with van der Waals surface area (Å²) in [5.41, 5.74) is 8.52. The lowest BCUT2D eigenvalue weighted by Crippen LogP contribution is -2.43. The maximum Gasteiger partial charge on any atom is 0.257 e. The largest absolute Gasteiger partial charge is 0.368 e. The number of halogens is 2. The van der Waals surface area contributed by atoms with Crippen LogP contribution in [0, 0.1) is 12.7 Å². The summed E-state index contributed by atoms with van der Waals surface area (Å²) in [6.07, 6.45) is 2.32. The first-order chi connectivity index (χ1) is 16.7. The quantitative estimate of drug-likeness (QED) is 0.526. The molecule has 0 unspecified atom stereocenters. The van der Waals surface area contributed by atoms with Crippen molar-refractivity contribution in [1.29, 1.82) is 0 Å². The summed E-state index contributed by atoms with van der Waals surface area (Å²) in [6, 6.07) is 10.8. The highest BCUT2D eigenvalue weighted by Crippen LogP contribution is 2.43. The van der Waals surface area contributed by atoms with Crippen molar-refractivity contribution < 1.29 is 18.8 Å². The molecule has 1 aliphatic carbocycles. The molecule has 3 amide bonds. The Morgan fingerprint density at radius 1 is 1.20 bits per heavy atom. The third-order valence-corrected chi connectivity index (χ3v) is 6.32. The number of aromatic nitrogens is 1. The number of carbonyl (C=O) groups excluding carboxylic acids is 3. The van der Waals surface area contributed by atoms with Crippen LogP contribution >= 0.6 is 11.6 Å². The number of hydrogen-bond donors (Lipinski definition) is 2. The number of fused-ring (bicyclic) bond motifs is 1. The van der Waals surface area contributed by atoms with Gasteiger partial charge < -0.3 is 16.0 Å². The highest BCUT2D eigenvalue weighted by atomic mass is 35.5. The van der Waals surface area contributed by atoms with Crippen LogP contribution < -0.4 is 11.1 Å². The second kappa shape index (κ2) is 9.84. The van der Waals surface area contributed by atoms with Gasteiger partial charge in [0.2, 0.25) is 11.8 Å². The van der Waals surface area contributed by atoms with E-state index in [-0.39, 0.29) is 10.9 Å². The Morgan fingerprint density at radius 3 is 2.66 bits per heavy atom. The molecule has 0 radical (unpaired) electrons. The molecule has 7 nitrogen and oxygen atoms in total. The molecule has 180 valence electrons. The molecule has 1 heterocycles. The second-order valence-electron chi connectivity index (χ2n) is 8.47. The van der Waals surface area contributed by atoms with Crippen LogP contribution in [-0.2, 0) is 16.0 Å². The summed E-state index contributed by atoms with van der Waals surface area (Å²) in [4.78, 5) is 44.1. The van der Waals surface area contributed by atoms with Crippen molar-refractivity contribution >= 4 is 35.0 Å². The van der Waals surface area contributed by atoms with Crippen molar-refractivity contribution in [2.24, 2.45) is 5.73 Å². The topological polar surface area (TPSA) is 105 Å². The van der Waals surface area contributed by atoms with Gasteiger partial charge >= 0.3 is 0 Å². The number of aryl methyl sites for hydroxylation is 1. The predicted octanol–water partition coefficient (Wildman–Crippen LogP) is 4.50. The van der Waals surface area contributed by atoms with Crippen LogP contribution in [0.15, 0.2) is 54.7 Å². The van der Waals surface area contributed by atoms with E-state index in [1.807, 2.05) is 0 Å². The summed E-state index contributed by atoms with van der Waals surface area (Å²) in [6.45, 7) is 3.06. The molecule has 0 fully saturated rings. The molecule has 2 atom stereocenters. The molecule has 3 aromatic rings. The van der Waals surface area contributed by atoms with Crippen molar-refractivity contribution in [3.05, 3.63) is 93.5 Å². The third kappa shape index (κ3) is 4.88. The van der Waals surface area contributed by atoms with Crippen LogP contribution in [0.1, 0.15) is 58.2 Å². The van der Waals surface area contributed by atoms with E-state index < -0.39 is 29.7 Å². The lowest BCUT2D eigenvalue weighted by Gasteiger charge is -2.36. The van der Waals surface area contributed by atoms with Gasteiger partial charge in [-0.05, 0) is 72.9 Å². The summed E-state index contributed by atoms with van der Waals surface area (Å²) < 4.78 is 14.7. The first kappa shape index (κ1) is 24.3. The minimum Gasteiger partial charge on any atom is -0.368 e. The lowest BCUT2D eigenvalue weighted by atomic mass is 9.97. The Hall–Kier alpha value is -3.78. The smallest absolute Gasteiger partial charge is 0.257 e. The van der Waals surface area contributed by atoms with Gasteiger partial charge in [-0.25, -0.2) is 4.39 Å². The van der Waals surface area contributed by atoms with E-state index in [9.17, 15) is 18.8 Å². The molecule has 0 spiro atoms. The van der Waals surface area contributed by atoms with Gasteiger partial charge in [0.25, 0.3) is 5.91 Å². The molecule has 2 aromatic carbocycles. The van der Waals surface area contributed by atoms with Crippen LogP contribution in [0.4, 0.5) is 10.1 Å². The zero-order valence-electron chi connectivity index (χ0n) is 19.2. The van der Waals surface area contributed by atoms with Gasteiger partial charge in [-0.3, -0.25) is 19.4 Å². The van der Waals surface area contributed by atoms with Gasteiger partial charge in [-0.2, -0.15) is 0 Å². The summed E-state index contributed by atoms with van der Waals surface area (Å²) in [7, 11) is 0. The Labute approximate surface area is 207 Å². The SMILES string of the molecule is CC(=O)Nc1cccc([C@H](C(N)=O)N(C(=O)c2cccnc2C)[C@@H]2CCc3c(F)cc(Cl)cc32)c1. The van der Waals surface area contributed by atoms with E-state index in [0.29, 0.717) is 46.5 Å². The molecule has 0 aliphatic heterocycles. The number of nitrogens with zero attached hydrogens (tertiary/aromatic N) is 2. The maximum absolute atomic E-state index is 14.7. The van der Waals surface area contributed by atoms with Crippen molar-refractivity contribution in [3.63, 3.8) is 0 Å². The van der Waals surface area contributed by atoms with Crippen molar-refractivity contribution in [2.45, 2.75) is 38.8 Å². The summed E-state index contributed by atoms with van der Waals surface area (Å²) in [5.74, 6) is -1.98. The molecule has 9 heteroatoms. The first-order valence-corrected chi connectivity index (χ1v) is 11.4. The molecule has 0 saturated carbocycles. The van der Waals surface area contributed by atoms with Crippen molar-refractivity contribution in [1.82, 2.24) is 9.88 Å². The Morgan fingerprint density at radius 2 is 1.97 bits per heavy atom. The minimum absolute atomic E-state index is 0.196. The van der Waals surface area contributed by atoms with Gasteiger partial charge in [0, 0.05) is 29.5 Å². The molecule has 0 bridgehead atoms. The molecule has 3 N–H and O–H groups in total. The zero-order chi connectivity index (χ0) is 25.3. The van der Waals surface area contributed by atoms with Crippen LogP contribution in [0.3, 0.4) is 0 Å². The third-order valence-electron chi connectivity index (χ3n) is 6.10. The monoisotopic (exact) mass is 494 g/mol. The Kier molecular flexibility index (Phi) is 6.84. The fourth-order valence-electron chi connectivity index (χ4n) is 4.65. The predicted molar refractivity (Wildman–Crippen MR) is 130 cm³/mol. The fourth-order valence-corrected chi connectivity index (χ4v) is 4.86. The number of amides is 3. The number of carbonyl (C=O) groups is 3. The van der Waals surface area contributed by atoms with E-state index in [1.165, 1.54) is 17.9 Å². The number of nitrogens with one attached hydrogen (secondary N) is 1. The Balaban J connectivity index is 1.89. The number of anilines is 1. The maximum atomic E-state index is 14.7.